The molecule has 0 amide bonds. The van der Waals surface area contributed by atoms with Gasteiger partial charge in [0.1, 0.15) is 11.6 Å². The summed E-state index contributed by atoms with van der Waals surface area (Å²) in [5.41, 5.74) is 2.53. The highest BCUT2D eigenvalue weighted by Crippen LogP contribution is 2.21. The third-order valence-corrected chi connectivity index (χ3v) is 5.52. The van der Waals surface area contributed by atoms with E-state index in [2.05, 4.69) is 61.6 Å². The van der Waals surface area contributed by atoms with Gasteiger partial charge in [0.25, 0.3) is 0 Å². The zero-order chi connectivity index (χ0) is 20.1. The van der Waals surface area contributed by atoms with Crippen molar-refractivity contribution in [3.8, 4) is 5.82 Å². The van der Waals surface area contributed by atoms with Crippen LogP contribution < -0.4 is 5.32 Å². The largest absolute Gasteiger partial charge is 0.352 e. The quantitative estimate of drug-likeness (QED) is 0.539. The van der Waals surface area contributed by atoms with Crippen LogP contribution >= 0.6 is 0 Å². The van der Waals surface area contributed by atoms with E-state index in [0.29, 0.717) is 12.5 Å². The van der Waals surface area contributed by atoms with Gasteiger partial charge in [-0.2, -0.15) is 0 Å². The van der Waals surface area contributed by atoms with E-state index in [1.54, 1.807) is 6.20 Å². The van der Waals surface area contributed by atoms with E-state index < -0.39 is 0 Å². The first-order chi connectivity index (χ1) is 14.2. The first-order valence-corrected chi connectivity index (χ1v) is 10.2. The van der Waals surface area contributed by atoms with Crippen LogP contribution in [0, 0.1) is 12.8 Å². The molecule has 0 spiro atoms. The Labute approximate surface area is 172 Å². The Morgan fingerprint density at radius 3 is 2.76 bits per heavy atom. The van der Waals surface area contributed by atoms with E-state index in [9.17, 15) is 0 Å². The third kappa shape index (κ3) is 4.47. The van der Waals surface area contributed by atoms with Crippen molar-refractivity contribution in [3.05, 3.63) is 78.0 Å². The minimum Gasteiger partial charge on any atom is -0.352 e. The lowest BCUT2D eigenvalue weighted by Crippen LogP contribution is -2.40. The van der Waals surface area contributed by atoms with E-state index in [0.717, 1.165) is 42.7 Å². The zero-order valence-electron chi connectivity index (χ0n) is 17.1. The summed E-state index contributed by atoms with van der Waals surface area (Å²) in [5.74, 6) is 3.46. The highest BCUT2D eigenvalue weighted by atomic mass is 15.3. The molecule has 29 heavy (non-hydrogen) atoms. The van der Waals surface area contributed by atoms with Gasteiger partial charge in [-0.15, -0.1) is 0 Å². The monoisotopic (exact) mass is 388 g/mol. The molecule has 2 aromatic heterocycles. The Bertz CT molecular complexity index is 962. The minimum atomic E-state index is 0.665. The van der Waals surface area contributed by atoms with Crippen molar-refractivity contribution in [1.29, 1.82) is 0 Å². The number of benzene rings is 1. The van der Waals surface area contributed by atoms with E-state index in [1.807, 2.05) is 37.0 Å². The number of guanidine groups is 1. The van der Waals surface area contributed by atoms with Crippen molar-refractivity contribution in [1.82, 2.24) is 24.8 Å². The molecule has 0 radical (unpaired) electrons. The molecule has 1 aromatic carbocycles. The molecule has 150 valence electrons. The molecule has 3 heterocycles. The number of rotatable bonds is 5. The maximum absolute atomic E-state index is 4.57. The van der Waals surface area contributed by atoms with Crippen LogP contribution in [0.4, 0.5) is 0 Å². The van der Waals surface area contributed by atoms with Crippen LogP contribution in [0.3, 0.4) is 0 Å². The second-order valence-electron chi connectivity index (χ2n) is 7.52. The smallest absolute Gasteiger partial charge is 0.193 e. The van der Waals surface area contributed by atoms with Gasteiger partial charge in [-0.1, -0.05) is 36.4 Å². The van der Waals surface area contributed by atoms with Crippen LogP contribution in [0.2, 0.25) is 0 Å². The predicted octanol–water partition coefficient (Wildman–Crippen LogP) is 3.22. The fourth-order valence-electron chi connectivity index (χ4n) is 4.03. The van der Waals surface area contributed by atoms with Crippen LogP contribution in [0.15, 0.2) is 66.0 Å². The molecule has 0 saturated carbocycles. The number of nitrogens with zero attached hydrogens (tertiary/aromatic N) is 5. The number of aliphatic imine (C=N–C) groups is 1. The Kier molecular flexibility index (Phi) is 5.89. The lowest BCUT2D eigenvalue weighted by Gasteiger charge is -2.22. The topological polar surface area (TPSA) is 58.3 Å². The molecule has 1 N–H and O–H groups in total. The molecule has 1 aliphatic rings. The van der Waals surface area contributed by atoms with Crippen LogP contribution in [-0.2, 0) is 13.0 Å². The Morgan fingerprint density at radius 2 is 2.00 bits per heavy atom. The van der Waals surface area contributed by atoms with Gasteiger partial charge < -0.3 is 10.2 Å². The predicted molar refractivity (Wildman–Crippen MR) is 116 cm³/mol. The average Bonchev–Trinajstić information content (AvgIpc) is 3.39. The second kappa shape index (κ2) is 8.90. The van der Waals surface area contributed by atoms with Gasteiger partial charge in [0.2, 0.25) is 0 Å². The Morgan fingerprint density at radius 1 is 1.14 bits per heavy atom. The van der Waals surface area contributed by atoms with Gasteiger partial charge in [0.05, 0.1) is 0 Å². The van der Waals surface area contributed by atoms with Crippen molar-refractivity contribution in [3.63, 3.8) is 0 Å². The van der Waals surface area contributed by atoms with Crippen LogP contribution in [-0.4, -0.2) is 45.5 Å². The number of imidazole rings is 1. The molecule has 3 aromatic rings. The highest BCUT2D eigenvalue weighted by molar-refractivity contribution is 5.80. The van der Waals surface area contributed by atoms with Gasteiger partial charge in [0, 0.05) is 50.8 Å². The molecular formula is C23H28N6. The van der Waals surface area contributed by atoms with Gasteiger partial charge >= 0.3 is 0 Å². The molecule has 0 aliphatic carbocycles. The first-order valence-electron chi connectivity index (χ1n) is 10.2. The van der Waals surface area contributed by atoms with Crippen LogP contribution in [0.25, 0.3) is 5.82 Å². The molecule has 1 saturated heterocycles. The first kappa shape index (κ1) is 19.2. The van der Waals surface area contributed by atoms with E-state index in [1.165, 1.54) is 12.0 Å². The highest BCUT2D eigenvalue weighted by Gasteiger charge is 2.25. The summed E-state index contributed by atoms with van der Waals surface area (Å²) >= 11 is 0. The number of pyridine rings is 1. The van der Waals surface area contributed by atoms with Crippen molar-refractivity contribution in [2.24, 2.45) is 10.9 Å². The zero-order valence-corrected chi connectivity index (χ0v) is 17.1. The van der Waals surface area contributed by atoms with E-state index in [-0.39, 0.29) is 0 Å². The summed E-state index contributed by atoms with van der Waals surface area (Å²) in [6.07, 6.45) is 7.90. The summed E-state index contributed by atoms with van der Waals surface area (Å²) in [6.45, 7) is 4.74. The summed E-state index contributed by atoms with van der Waals surface area (Å²) in [7, 11) is 1.86. The van der Waals surface area contributed by atoms with Gasteiger partial charge in [-0.25, -0.2) is 9.97 Å². The number of nitrogens with one attached hydrogen (secondary N) is 1. The lowest BCUT2D eigenvalue weighted by molar-refractivity contribution is 0.459. The van der Waals surface area contributed by atoms with Crippen LogP contribution in [0.5, 0.6) is 0 Å². The molecule has 6 heteroatoms. The SMILES string of the molecule is CN=C(NCc1cccnc1-n1ccnc1C)N1CCC(Cc2ccccc2)C1. The summed E-state index contributed by atoms with van der Waals surface area (Å²) in [6, 6.07) is 14.8. The fraction of sp³-hybridized carbons (Fsp3) is 0.348. The van der Waals surface area contributed by atoms with Gasteiger partial charge in [0.15, 0.2) is 5.96 Å². The minimum absolute atomic E-state index is 0.665. The maximum Gasteiger partial charge on any atom is 0.193 e. The molecule has 0 bridgehead atoms. The number of hydrogen-bond acceptors (Lipinski definition) is 3. The van der Waals surface area contributed by atoms with Crippen molar-refractivity contribution >= 4 is 5.96 Å². The van der Waals surface area contributed by atoms with Crippen molar-refractivity contribution in [2.75, 3.05) is 20.1 Å². The maximum atomic E-state index is 4.57. The Hall–Kier alpha value is -3.15. The molecular weight excluding hydrogens is 360 g/mol. The second-order valence-corrected chi connectivity index (χ2v) is 7.52. The fourth-order valence-corrected chi connectivity index (χ4v) is 4.03. The number of aromatic nitrogens is 3. The molecule has 1 aliphatic heterocycles. The van der Waals surface area contributed by atoms with Crippen molar-refractivity contribution in [2.45, 2.75) is 26.3 Å². The number of aryl methyl sites for hydroxylation is 1. The van der Waals surface area contributed by atoms with Gasteiger partial charge in [-0.05, 0) is 37.3 Å². The van der Waals surface area contributed by atoms with Crippen LogP contribution in [0.1, 0.15) is 23.4 Å². The molecule has 6 nitrogen and oxygen atoms in total. The van der Waals surface area contributed by atoms with Crippen molar-refractivity contribution < 1.29 is 0 Å². The molecule has 4 rings (SSSR count). The normalized spacial score (nSPS) is 17.0. The third-order valence-electron chi connectivity index (χ3n) is 5.52. The standard InChI is InChI=1S/C23H28N6/c1-18-25-12-14-29(18)22-21(9-6-11-26-22)16-27-23(24-2)28-13-10-20(17-28)15-19-7-4-3-5-8-19/h3-9,11-12,14,20H,10,13,15-17H2,1-2H3,(H,24,27). The molecule has 1 fully saturated rings. The van der Waals surface area contributed by atoms with Gasteiger partial charge in [-0.3, -0.25) is 9.56 Å². The number of hydrogen-bond donors (Lipinski definition) is 1. The molecule has 1 atom stereocenters. The summed E-state index contributed by atoms with van der Waals surface area (Å²) < 4.78 is 2.02. The number of likely N-dealkylation sites (tertiary alicyclic amines) is 1. The average molecular weight is 389 g/mol. The lowest BCUT2D eigenvalue weighted by atomic mass is 9.99. The van der Waals surface area contributed by atoms with E-state index in [4.69, 9.17) is 0 Å². The van der Waals surface area contributed by atoms with E-state index >= 15 is 0 Å². The molecule has 1 unspecified atom stereocenters. The Balaban J connectivity index is 1.39. The summed E-state index contributed by atoms with van der Waals surface area (Å²) in [4.78, 5) is 15.8. The summed E-state index contributed by atoms with van der Waals surface area (Å²) in [5, 5.41) is 3.54.